The van der Waals surface area contributed by atoms with Crippen molar-refractivity contribution in [3.8, 4) is 0 Å². The van der Waals surface area contributed by atoms with Crippen LogP contribution in [0.25, 0.3) is 0 Å². The van der Waals surface area contributed by atoms with Crippen LogP contribution in [0.15, 0.2) is 23.3 Å². The molecule has 0 saturated carbocycles. The Morgan fingerprint density at radius 2 is 2.13 bits per heavy atom. The summed E-state index contributed by atoms with van der Waals surface area (Å²) in [6.45, 7) is 9.61. The molecule has 0 aromatic rings. The zero-order valence-electron chi connectivity index (χ0n) is 10.6. The molecule has 0 heterocycles. The Kier molecular flexibility index (Phi) is 2.79. The van der Waals surface area contributed by atoms with Crippen molar-refractivity contribution in [3.05, 3.63) is 23.3 Å². The van der Waals surface area contributed by atoms with Gasteiger partial charge in [-0.3, -0.25) is 0 Å². The minimum absolute atomic E-state index is 0.500. The maximum Gasteiger partial charge on any atom is -0.0108 e. The molecule has 0 saturated heterocycles. The molecular formula is C15H24. The Labute approximate surface area is 94.5 Å². The van der Waals surface area contributed by atoms with Crippen LogP contribution in [0.3, 0.4) is 0 Å². The monoisotopic (exact) mass is 204 g/mol. The van der Waals surface area contributed by atoms with Gasteiger partial charge in [0.15, 0.2) is 0 Å². The largest absolute Gasteiger partial charge is 0.0807 e. The van der Waals surface area contributed by atoms with Crippen LogP contribution in [0.5, 0.6) is 0 Å². The summed E-state index contributed by atoms with van der Waals surface area (Å²) in [5, 5.41) is 0. The zero-order valence-corrected chi connectivity index (χ0v) is 10.6. The standard InChI is InChI=1S/C15H24/c1-5-12-7-9-14-13(10-12)8-6-11(2)15(14,3)4/h8,10-11,14H,5-7,9H2,1-4H3. The van der Waals surface area contributed by atoms with E-state index >= 15 is 0 Å². The normalized spacial score (nSPS) is 34.1. The van der Waals surface area contributed by atoms with Crippen molar-refractivity contribution in [3.63, 3.8) is 0 Å². The third-order valence-corrected chi connectivity index (χ3v) is 4.86. The van der Waals surface area contributed by atoms with Gasteiger partial charge in [0, 0.05) is 0 Å². The van der Waals surface area contributed by atoms with Gasteiger partial charge in [-0.25, -0.2) is 0 Å². The van der Waals surface area contributed by atoms with Crippen LogP contribution in [0, 0.1) is 17.3 Å². The summed E-state index contributed by atoms with van der Waals surface area (Å²) >= 11 is 0. The molecule has 0 heteroatoms. The summed E-state index contributed by atoms with van der Waals surface area (Å²) in [6.07, 6.45) is 10.2. The molecule has 2 rings (SSSR count). The van der Waals surface area contributed by atoms with E-state index in [1.807, 2.05) is 0 Å². The van der Waals surface area contributed by atoms with E-state index in [0.717, 1.165) is 11.8 Å². The average molecular weight is 204 g/mol. The highest BCUT2D eigenvalue weighted by molar-refractivity contribution is 5.33. The fourth-order valence-corrected chi connectivity index (χ4v) is 3.15. The Morgan fingerprint density at radius 3 is 2.80 bits per heavy atom. The van der Waals surface area contributed by atoms with Crippen molar-refractivity contribution < 1.29 is 0 Å². The van der Waals surface area contributed by atoms with Crippen molar-refractivity contribution in [1.82, 2.24) is 0 Å². The van der Waals surface area contributed by atoms with Crippen molar-refractivity contribution in [2.45, 2.75) is 53.4 Å². The molecule has 0 amide bonds. The van der Waals surface area contributed by atoms with Gasteiger partial charge in [0.1, 0.15) is 0 Å². The van der Waals surface area contributed by atoms with Gasteiger partial charge in [-0.1, -0.05) is 45.4 Å². The molecule has 0 nitrogen and oxygen atoms in total. The van der Waals surface area contributed by atoms with E-state index in [1.54, 1.807) is 11.1 Å². The molecule has 84 valence electrons. The van der Waals surface area contributed by atoms with Crippen LogP contribution >= 0.6 is 0 Å². The van der Waals surface area contributed by atoms with Crippen molar-refractivity contribution >= 4 is 0 Å². The number of hydrogen-bond donors (Lipinski definition) is 0. The summed E-state index contributed by atoms with van der Waals surface area (Å²) < 4.78 is 0. The first-order chi connectivity index (χ1) is 7.05. The molecule has 0 radical (unpaired) electrons. The van der Waals surface area contributed by atoms with Gasteiger partial charge in [0.2, 0.25) is 0 Å². The van der Waals surface area contributed by atoms with E-state index in [4.69, 9.17) is 0 Å². The fraction of sp³-hybridized carbons (Fsp3) is 0.733. The third kappa shape index (κ3) is 1.79. The number of hydrogen-bond acceptors (Lipinski definition) is 0. The van der Waals surface area contributed by atoms with Crippen LogP contribution in [0.2, 0.25) is 0 Å². The molecule has 0 bridgehead atoms. The quantitative estimate of drug-likeness (QED) is 0.579. The second-order valence-electron chi connectivity index (χ2n) is 5.91. The van der Waals surface area contributed by atoms with E-state index in [1.165, 1.54) is 25.7 Å². The minimum Gasteiger partial charge on any atom is -0.0807 e. The van der Waals surface area contributed by atoms with E-state index in [0.29, 0.717) is 5.41 Å². The van der Waals surface area contributed by atoms with Crippen LogP contribution in [0.4, 0.5) is 0 Å². The van der Waals surface area contributed by atoms with Gasteiger partial charge in [-0.05, 0) is 48.5 Å². The Morgan fingerprint density at radius 1 is 1.40 bits per heavy atom. The van der Waals surface area contributed by atoms with Crippen LogP contribution < -0.4 is 0 Å². The molecule has 15 heavy (non-hydrogen) atoms. The lowest BCUT2D eigenvalue weighted by Crippen LogP contribution is -2.36. The Hall–Kier alpha value is -0.520. The Bertz CT molecular complexity index is 304. The molecule has 0 aliphatic heterocycles. The lowest BCUT2D eigenvalue weighted by molar-refractivity contribution is 0.131. The smallest absolute Gasteiger partial charge is 0.0108 e. The molecule has 0 aromatic heterocycles. The number of rotatable bonds is 1. The van der Waals surface area contributed by atoms with Crippen molar-refractivity contribution in [2.24, 2.45) is 17.3 Å². The van der Waals surface area contributed by atoms with Crippen LogP contribution in [-0.4, -0.2) is 0 Å². The number of fused-ring (bicyclic) bond motifs is 1. The molecule has 0 fully saturated rings. The first-order valence-electron chi connectivity index (χ1n) is 6.45. The molecular weight excluding hydrogens is 180 g/mol. The van der Waals surface area contributed by atoms with E-state index in [9.17, 15) is 0 Å². The van der Waals surface area contributed by atoms with Gasteiger partial charge in [0.05, 0.1) is 0 Å². The zero-order chi connectivity index (χ0) is 11.1. The van der Waals surface area contributed by atoms with E-state index in [-0.39, 0.29) is 0 Å². The summed E-state index contributed by atoms with van der Waals surface area (Å²) in [7, 11) is 0. The summed E-state index contributed by atoms with van der Waals surface area (Å²) in [5.41, 5.74) is 3.80. The van der Waals surface area contributed by atoms with Crippen molar-refractivity contribution in [1.29, 1.82) is 0 Å². The molecule has 0 spiro atoms. The first kappa shape index (κ1) is 11.0. The third-order valence-electron chi connectivity index (χ3n) is 4.86. The molecule has 2 aliphatic carbocycles. The van der Waals surface area contributed by atoms with Gasteiger partial charge >= 0.3 is 0 Å². The maximum absolute atomic E-state index is 2.50. The summed E-state index contributed by atoms with van der Waals surface area (Å²) in [6, 6.07) is 0. The predicted octanol–water partition coefficient (Wildman–Crippen LogP) is 4.73. The Balaban J connectivity index is 2.31. The molecule has 2 unspecified atom stereocenters. The van der Waals surface area contributed by atoms with Gasteiger partial charge < -0.3 is 0 Å². The second-order valence-corrected chi connectivity index (χ2v) is 5.91. The van der Waals surface area contributed by atoms with Gasteiger partial charge in [0.25, 0.3) is 0 Å². The molecule has 0 aromatic carbocycles. The topological polar surface area (TPSA) is 0 Å². The van der Waals surface area contributed by atoms with Crippen LogP contribution in [-0.2, 0) is 0 Å². The van der Waals surface area contributed by atoms with Gasteiger partial charge in [-0.2, -0.15) is 0 Å². The SMILES string of the molecule is CCC1=CC2=CCC(C)C(C)(C)C2CC1. The lowest BCUT2D eigenvalue weighted by atomic mass is 9.59. The molecule has 2 aliphatic rings. The second kappa shape index (κ2) is 3.81. The lowest BCUT2D eigenvalue weighted by Gasteiger charge is -2.45. The van der Waals surface area contributed by atoms with Gasteiger partial charge in [-0.15, -0.1) is 0 Å². The average Bonchev–Trinajstić information content (AvgIpc) is 2.23. The highest BCUT2D eigenvalue weighted by atomic mass is 14.4. The summed E-state index contributed by atoms with van der Waals surface area (Å²) in [5.74, 6) is 1.65. The van der Waals surface area contributed by atoms with E-state index in [2.05, 4.69) is 39.8 Å². The predicted molar refractivity (Wildman–Crippen MR) is 66.7 cm³/mol. The summed E-state index contributed by atoms with van der Waals surface area (Å²) in [4.78, 5) is 0. The highest BCUT2D eigenvalue weighted by Gasteiger charge is 2.39. The first-order valence-corrected chi connectivity index (χ1v) is 6.45. The molecule has 2 atom stereocenters. The van der Waals surface area contributed by atoms with Crippen molar-refractivity contribution in [2.75, 3.05) is 0 Å². The molecule has 0 N–H and O–H groups in total. The minimum atomic E-state index is 0.500. The highest BCUT2D eigenvalue weighted by Crippen LogP contribution is 2.49. The maximum atomic E-state index is 2.50. The van der Waals surface area contributed by atoms with Crippen LogP contribution in [0.1, 0.15) is 53.4 Å². The fourth-order valence-electron chi connectivity index (χ4n) is 3.15. The van der Waals surface area contributed by atoms with E-state index < -0.39 is 0 Å². The number of allylic oxidation sites excluding steroid dienone is 4.